The quantitative estimate of drug-likeness (QED) is 0.818. The predicted octanol–water partition coefficient (Wildman–Crippen LogP) is 4.07. The molecule has 0 amide bonds. The fraction of sp³-hybridized carbons (Fsp3) is 0.333. The molecule has 0 radical (unpaired) electrons. The molecule has 106 valence electrons. The summed E-state index contributed by atoms with van der Waals surface area (Å²) < 4.78 is 5.58. The molecule has 2 heteroatoms. The molecule has 0 saturated heterocycles. The lowest BCUT2D eigenvalue weighted by Crippen LogP contribution is -2.12. The number of hydrogen-bond donors (Lipinski definition) is 1. The second kappa shape index (κ2) is 7.71. The topological polar surface area (TPSA) is 21.3 Å². The number of rotatable bonds is 7. The highest BCUT2D eigenvalue weighted by atomic mass is 16.5. The van der Waals surface area contributed by atoms with E-state index >= 15 is 0 Å². The first-order valence-electron chi connectivity index (χ1n) is 7.26. The molecule has 0 fully saturated rings. The van der Waals surface area contributed by atoms with Crippen LogP contribution in [0.2, 0.25) is 0 Å². The Balaban J connectivity index is 1.79. The van der Waals surface area contributed by atoms with Crippen LogP contribution in [-0.2, 0) is 13.1 Å². The summed E-state index contributed by atoms with van der Waals surface area (Å²) in [4.78, 5) is 0. The molecule has 0 aromatic heterocycles. The van der Waals surface area contributed by atoms with Gasteiger partial charge in [0, 0.05) is 13.1 Å². The van der Waals surface area contributed by atoms with Gasteiger partial charge in [0.15, 0.2) is 0 Å². The van der Waals surface area contributed by atoms with Crippen LogP contribution >= 0.6 is 0 Å². The Labute approximate surface area is 121 Å². The molecule has 0 atom stereocenters. The molecule has 20 heavy (non-hydrogen) atoms. The molecule has 0 aliphatic rings. The van der Waals surface area contributed by atoms with E-state index in [9.17, 15) is 0 Å². The Bertz CT molecular complexity index is 519. The molecule has 0 spiro atoms. The highest BCUT2D eigenvalue weighted by Gasteiger charge is 1.97. The minimum Gasteiger partial charge on any atom is -0.494 e. The maximum atomic E-state index is 5.58. The summed E-state index contributed by atoms with van der Waals surface area (Å²) >= 11 is 0. The van der Waals surface area contributed by atoms with Crippen molar-refractivity contribution >= 4 is 0 Å². The van der Waals surface area contributed by atoms with E-state index in [2.05, 4.69) is 55.6 Å². The zero-order chi connectivity index (χ0) is 14.2. The van der Waals surface area contributed by atoms with Crippen molar-refractivity contribution in [2.75, 3.05) is 6.61 Å². The average molecular weight is 269 g/mol. The van der Waals surface area contributed by atoms with E-state index in [-0.39, 0.29) is 0 Å². The van der Waals surface area contributed by atoms with Gasteiger partial charge in [-0.3, -0.25) is 0 Å². The minimum absolute atomic E-state index is 0.783. The van der Waals surface area contributed by atoms with E-state index in [1.807, 2.05) is 12.1 Å². The summed E-state index contributed by atoms with van der Waals surface area (Å²) in [6.07, 6.45) is 1.04. The Morgan fingerprint density at radius 3 is 2.40 bits per heavy atom. The van der Waals surface area contributed by atoms with Gasteiger partial charge in [0.1, 0.15) is 5.75 Å². The Morgan fingerprint density at radius 1 is 0.950 bits per heavy atom. The smallest absolute Gasteiger partial charge is 0.119 e. The molecule has 0 heterocycles. The van der Waals surface area contributed by atoms with Crippen LogP contribution in [0.25, 0.3) is 0 Å². The maximum Gasteiger partial charge on any atom is 0.119 e. The van der Waals surface area contributed by atoms with Gasteiger partial charge in [0.05, 0.1) is 6.61 Å². The summed E-state index contributed by atoms with van der Waals surface area (Å²) in [5, 5.41) is 3.47. The third-order valence-corrected chi connectivity index (χ3v) is 3.14. The molecular formula is C18H23NO. The monoisotopic (exact) mass is 269 g/mol. The normalized spacial score (nSPS) is 10.5. The second-order valence-electron chi connectivity index (χ2n) is 5.09. The highest BCUT2D eigenvalue weighted by Crippen LogP contribution is 2.12. The number of nitrogens with one attached hydrogen (secondary N) is 1. The molecule has 1 N–H and O–H groups in total. The van der Waals surface area contributed by atoms with E-state index < -0.39 is 0 Å². The molecule has 2 rings (SSSR count). The zero-order valence-electron chi connectivity index (χ0n) is 12.4. The van der Waals surface area contributed by atoms with Gasteiger partial charge in [-0.1, -0.05) is 48.9 Å². The first-order chi connectivity index (χ1) is 9.78. The van der Waals surface area contributed by atoms with E-state index in [1.165, 1.54) is 16.7 Å². The van der Waals surface area contributed by atoms with Crippen molar-refractivity contribution in [3.05, 3.63) is 65.2 Å². The van der Waals surface area contributed by atoms with E-state index in [4.69, 9.17) is 4.74 Å². The lowest BCUT2D eigenvalue weighted by molar-refractivity contribution is 0.317. The van der Waals surface area contributed by atoms with Crippen molar-refractivity contribution < 1.29 is 4.74 Å². The van der Waals surface area contributed by atoms with Crippen molar-refractivity contribution in [3.8, 4) is 5.75 Å². The van der Waals surface area contributed by atoms with Crippen LogP contribution in [-0.4, -0.2) is 6.61 Å². The molecular weight excluding hydrogens is 246 g/mol. The first kappa shape index (κ1) is 14.6. The highest BCUT2D eigenvalue weighted by molar-refractivity contribution is 5.27. The third kappa shape index (κ3) is 4.71. The van der Waals surface area contributed by atoms with Crippen molar-refractivity contribution in [1.29, 1.82) is 0 Å². The van der Waals surface area contributed by atoms with Crippen LogP contribution < -0.4 is 10.1 Å². The number of hydrogen-bond acceptors (Lipinski definition) is 2. The average Bonchev–Trinajstić information content (AvgIpc) is 2.46. The Hall–Kier alpha value is -1.80. The zero-order valence-corrected chi connectivity index (χ0v) is 12.4. The fourth-order valence-electron chi connectivity index (χ4n) is 2.10. The molecule has 0 bridgehead atoms. The third-order valence-electron chi connectivity index (χ3n) is 3.14. The van der Waals surface area contributed by atoms with Crippen molar-refractivity contribution in [2.45, 2.75) is 33.4 Å². The van der Waals surface area contributed by atoms with Gasteiger partial charge in [-0.2, -0.15) is 0 Å². The van der Waals surface area contributed by atoms with Gasteiger partial charge in [0.25, 0.3) is 0 Å². The molecule has 0 aliphatic heterocycles. The van der Waals surface area contributed by atoms with Crippen LogP contribution in [0.4, 0.5) is 0 Å². The lowest BCUT2D eigenvalue weighted by Gasteiger charge is -2.08. The second-order valence-corrected chi connectivity index (χ2v) is 5.09. The van der Waals surface area contributed by atoms with Gasteiger partial charge in [-0.25, -0.2) is 0 Å². The van der Waals surface area contributed by atoms with Crippen LogP contribution in [0.1, 0.15) is 30.0 Å². The molecule has 0 saturated carbocycles. The van der Waals surface area contributed by atoms with E-state index in [0.717, 1.165) is 31.9 Å². The number of benzene rings is 2. The summed E-state index contributed by atoms with van der Waals surface area (Å²) in [6.45, 7) is 6.80. The van der Waals surface area contributed by atoms with Gasteiger partial charge in [0.2, 0.25) is 0 Å². The van der Waals surface area contributed by atoms with Gasteiger partial charge in [-0.15, -0.1) is 0 Å². The maximum absolute atomic E-state index is 5.58. The van der Waals surface area contributed by atoms with Crippen LogP contribution in [0, 0.1) is 6.92 Å². The van der Waals surface area contributed by atoms with Crippen LogP contribution in [0.3, 0.4) is 0 Å². The van der Waals surface area contributed by atoms with Gasteiger partial charge < -0.3 is 10.1 Å². The van der Waals surface area contributed by atoms with E-state index in [1.54, 1.807) is 0 Å². The molecule has 2 nitrogen and oxygen atoms in total. The van der Waals surface area contributed by atoms with Gasteiger partial charge >= 0.3 is 0 Å². The predicted molar refractivity (Wildman–Crippen MR) is 84.0 cm³/mol. The number of ether oxygens (including phenoxy) is 1. The lowest BCUT2D eigenvalue weighted by atomic mass is 10.1. The van der Waals surface area contributed by atoms with E-state index in [0.29, 0.717) is 0 Å². The van der Waals surface area contributed by atoms with Crippen molar-refractivity contribution in [3.63, 3.8) is 0 Å². The van der Waals surface area contributed by atoms with Crippen molar-refractivity contribution in [1.82, 2.24) is 5.32 Å². The summed E-state index contributed by atoms with van der Waals surface area (Å²) in [5.41, 5.74) is 3.91. The summed E-state index contributed by atoms with van der Waals surface area (Å²) in [7, 11) is 0. The molecule has 0 aliphatic carbocycles. The minimum atomic E-state index is 0.783. The standard InChI is InChI=1S/C18H23NO/c1-3-11-20-18-9-7-16(8-10-18)13-19-14-17-6-4-5-15(2)12-17/h4-10,12,19H,3,11,13-14H2,1-2H3. The molecule has 2 aromatic carbocycles. The Kier molecular flexibility index (Phi) is 5.63. The SMILES string of the molecule is CCCOc1ccc(CNCc2cccc(C)c2)cc1. The number of aryl methyl sites for hydroxylation is 1. The van der Waals surface area contributed by atoms with Crippen LogP contribution in [0.5, 0.6) is 5.75 Å². The molecule has 0 unspecified atom stereocenters. The fourth-order valence-corrected chi connectivity index (χ4v) is 2.10. The summed E-state index contributed by atoms with van der Waals surface area (Å²) in [6, 6.07) is 16.9. The Morgan fingerprint density at radius 2 is 1.70 bits per heavy atom. The first-order valence-corrected chi connectivity index (χ1v) is 7.26. The molecule has 2 aromatic rings. The van der Waals surface area contributed by atoms with Crippen molar-refractivity contribution in [2.24, 2.45) is 0 Å². The van der Waals surface area contributed by atoms with Crippen LogP contribution in [0.15, 0.2) is 48.5 Å². The van der Waals surface area contributed by atoms with Gasteiger partial charge in [-0.05, 0) is 36.6 Å². The summed E-state index contributed by atoms with van der Waals surface area (Å²) in [5.74, 6) is 0.953. The largest absolute Gasteiger partial charge is 0.494 e.